The molecule has 0 aromatic heterocycles. The Hall–Kier alpha value is -2.02. The lowest BCUT2D eigenvalue weighted by Crippen LogP contribution is -2.40. The molecule has 1 saturated heterocycles. The first-order valence-corrected chi connectivity index (χ1v) is 6.56. The predicted molar refractivity (Wildman–Crippen MR) is 71.6 cm³/mol. The Kier molecular flexibility index (Phi) is 4.40. The minimum atomic E-state index is -0.00195. The molecule has 0 radical (unpaired) electrons. The lowest BCUT2D eigenvalue weighted by molar-refractivity contribution is -0.134. The molecular formula is C15H18N2O2. The summed E-state index contributed by atoms with van der Waals surface area (Å²) in [5.41, 5.74) is 1.11. The van der Waals surface area contributed by atoms with Gasteiger partial charge in [-0.2, -0.15) is 5.26 Å². The number of carbonyl (C=O) groups is 1. The second-order valence-electron chi connectivity index (χ2n) is 4.89. The van der Waals surface area contributed by atoms with Crippen LogP contribution in [0.4, 0.5) is 0 Å². The van der Waals surface area contributed by atoms with E-state index in [0.717, 1.165) is 24.2 Å². The number of amides is 1. The number of hydrogen-bond acceptors (Lipinski definition) is 3. The van der Waals surface area contributed by atoms with Gasteiger partial charge in [0.1, 0.15) is 5.75 Å². The van der Waals surface area contributed by atoms with Crippen LogP contribution < -0.4 is 4.74 Å². The highest BCUT2D eigenvalue weighted by molar-refractivity contribution is 5.77. The summed E-state index contributed by atoms with van der Waals surface area (Å²) in [4.78, 5) is 13.8. The fourth-order valence-electron chi connectivity index (χ4n) is 2.20. The number of nitriles is 1. The van der Waals surface area contributed by atoms with E-state index in [9.17, 15) is 4.79 Å². The summed E-state index contributed by atoms with van der Waals surface area (Å²) in [7, 11) is 0. The van der Waals surface area contributed by atoms with Gasteiger partial charge in [0, 0.05) is 19.0 Å². The van der Waals surface area contributed by atoms with Crippen LogP contribution >= 0.6 is 0 Å². The Labute approximate surface area is 113 Å². The van der Waals surface area contributed by atoms with E-state index in [1.807, 2.05) is 31.2 Å². The van der Waals surface area contributed by atoms with Crippen molar-refractivity contribution >= 4 is 5.91 Å². The van der Waals surface area contributed by atoms with Crippen LogP contribution in [0.1, 0.15) is 18.4 Å². The zero-order chi connectivity index (χ0) is 13.7. The smallest absolute Gasteiger partial charge is 0.260 e. The highest BCUT2D eigenvalue weighted by Crippen LogP contribution is 2.17. The van der Waals surface area contributed by atoms with Crippen molar-refractivity contribution in [2.45, 2.75) is 19.8 Å². The summed E-state index contributed by atoms with van der Waals surface area (Å²) < 4.78 is 5.50. The summed E-state index contributed by atoms with van der Waals surface area (Å²) in [5.74, 6) is 0.819. The molecule has 1 aromatic rings. The zero-order valence-corrected chi connectivity index (χ0v) is 11.1. The molecule has 1 aliphatic rings. The number of ether oxygens (including phenoxy) is 1. The molecule has 4 heteroatoms. The standard InChI is InChI=1S/C15H18N2O2/c1-12-3-2-4-14(9-12)19-11-15(18)17-7-5-13(10-16)6-8-17/h2-4,9,13H,5-8,11H2,1H3. The molecule has 2 rings (SSSR count). The number of rotatable bonds is 3. The van der Waals surface area contributed by atoms with Crippen molar-refractivity contribution in [3.8, 4) is 11.8 Å². The molecule has 0 spiro atoms. The number of aryl methyl sites for hydroxylation is 1. The highest BCUT2D eigenvalue weighted by atomic mass is 16.5. The molecule has 1 aromatic carbocycles. The van der Waals surface area contributed by atoms with Gasteiger partial charge in [-0.05, 0) is 37.5 Å². The Morgan fingerprint density at radius 1 is 1.47 bits per heavy atom. The van der Waals surface area contributed by atoms with Crippen molar-refractivity contribution in [2.24, 2.45) is 5.92 Å². The summed E-state index contributed by atoms with van der Waals surface area (Å²) in [5, 5.41) is 8.82. The van der Waals surface area contributed by atoms with E-state index in [2.05, 4.69) is 6.07 Å². The topological polar surface area (TPSA) is 53.3 Å². The molecule has 1 amide bonds. The molecule has 0 atom stereocenters. The van der Waals surface area contributed by atoms with Crippen molar-refractivity contribution in [3.05, 3.63) is 29.8 Å². The third-order valence-electron chi connectivity index (χ3n) is 3.38. The molecule has 100 valence electrons. The Morgan fingerprint density at radius 2 is 2.21 bits per heavy atom. The fourth-order valence-corrected chi connectivity index (χ4v) is 2.20. The summed E-state index contributed by atoms with van der Waals surface area (Å²) >= 11 is 0. The Morgan fingerprint density at radius 3 is 2.84 bits per heavy atom. The maximum atomic E-state index is 12.0. The predicted octanol–water partition coefficient (Wildman–Crippen LogP) is 2.14. The summed E-state index contributed by atoms with van der Waals surface area (Å²) in [6.07, 6.45) is 1.54. The third kappa shape index (κ3) is 3.72. The number of likely N-dealkylation sites (tertiary alicyclic amines) is 1. The first-order valence-electron chi connectivity index (χ1n) is 6.56. The normalized spacial score (nSPS) is 15.9. The van der Waals surface area contributed by atoms with E-state index in [1.165, 1.54) is 0 Å². The van der Waals surface area contributed by atoms with Crippen molar-refractivity contribution < 1.29 is 9.53 Å². The molecule has 1 fully saturated rings. The van der Waals surface area contributed by atoms with E-state index < -0.39 is 0 Å². The summed E-state index contributed by atoms with van der Waals surface area (Å²) in [6, 6.07) is 9.92. The SMILES string of the molecule is Cc1cccc(OCC(=O)N2CCC(C#N)CC2)c1. The van der Waals surface area contributed by atoms with Crippen molar-refractivity contribution in [1.29, 1.82) is 5.26 Å². The van der Waals surface area contributed by atoms with Crippen molar-refractivity contribution in [2.75, 3.05) is 19.7 Å². The van der Waals surface area contributed by atoms with E-state index in [-0.39, 0.29) is 18.4 Å². The van der Waals surface area contributed by atoms with Gasteiger partial charge in [0.15, 0.2) is 6.61 Å². The van der Waals surface area contributed by atoms with Crippen LogP contribution in [0, 0.1) is 24.2 Å². The second-order valence-corrected chi connectivity index (χ2v) is 4.89. The molecule has 4 nitrogen and oxygen atoms in total. The fraction of sp³-hybridized carbons (Fsp3) is 0.467. The average Bonchev–Trinajstić information content (AvgIpc) is 2.45. The zero-order valence-electron chi connectivity index (χ0n) is 11.1. The minimum absolute atomic E-state index is 0.00195. The molecular weight excluding hydrogens is 240 g/mol. The van der Waals surface area contributed by atoms with Crippen LogP contribution in [-0.4, -0.2) is 30.5 Å². The first kappa shape index (κ1) is 13.4. The van der Waals surface area contributed by atoms with Gasteiger partial charge in [-0.3, -0.25) is 4.79 Å². The number of benzene rings is 1. The number of hydrogen-bond donors (Lipinski definition) is 0. The van der Waals surface area contributed by atoms with Gasteiger partial charge in [-0.15, -0.1) is 0 Å². The number of carbonyl (C=O) groups excluding carboxylic acids is 1. The molecule has 0 bridgehead atoms. The summed E-state index contributed by atoms with van der Waals surface area (Å²) in [6.45, 7) is 3.38. The van der Waals surface area contributed by atoms with Gasteiger partial charge in [0.2, 0.25) is 0 Å². The lowest BCUT2D eigenvalue weighted by Gasteiger charge is -2.29. The Bertz CT molecular complexity index is 485. The van der Waals surface area contributed by atoms with Crippen LogP contribution in [0.25, 0.3) is 0 Å². The average molecular weight is 258 g/mol. The molecule has 19 heavy (non-hydrogen) atoms. The van der Waals surface area contributed by atoms with Gasteiger partial charge >= 0.3 is 0 Å². The Balaban J connectivity index is 1.81. The minimum Gasteiger partial charge on any atom is -0.484 e. The van der Waals surface area contributed by atoms with Gasteiger partial charge in [-0.1, -0.05) is 12.1 Å². The van der Waals surface area contributed by atoms with Crippen LogP contribution in [0.5, 0.6) is 5.75 Å². The maximum Gasteiger partial charge on any atom is 0.260 e. The van der Waals surface area contributed by atoms with Gasteiger partial charge in [0.25, 0.3) is 5.91 Å². The van der Waals surface area contributed by atoms with Crippen LogP contribution in [0.3, 0.4) is 0 Å². The maximum absolute atomic E-state index is 12.0. The van der Waals surface area contributed by atoms with E-state index >= 15 is 0 Å². The highest BCUT2D eigenvalue weighted by Gasteiger charge is 2.22. The van der Waals surface area contributed by atoms with E-state index in [0.29, 0.717) is 13.1 Å². The van der Waals surface area contributed by atoms with E-state index in [4.69, 9.17) is 10.00 Å². The molecule has 1 heterocycles. The third-order valence-corrected chi connectivity index (χ3v) is 3.38. The quantitative estimate of drug-likeness (QED) is 0.834. The molecule has 0 N–H and O–H groups in total. The van der Waals surface area contributed by atoms with Gasteiger partial charge in [0.05, 0.1) is 6.07 Å². The first-order chi connectivity index (χ1) is 9.19. The van der Waals surface area contributed by atoms with Crippen molar-refractivity contribution in [1.82, 2.24) is 4.90 Å². The van der Waals surface area contributed by atoms with E-state index in [1.54, 1.807) is 4.90 Å². The monoisotopic (exact) mass is 258 g/mol. The molecule has 0 unspecified atom stereocenters. The van der Waals surface area contributed by atoms with Gasteiger partial charge in [-0.25, -0.2) is 0 Å². The lowest BCUT2D eigenvalue weighted by atomic mass is 9.99. The largest absolute Gasteiger partial charge is 0.484 e. The van der Waals surface area contributed by atoms with Gasteiger partial charge < -0.3 is 9.64 Å². The number of nitrogens with zero attached hydrogens (tertiary/aromatic N) is 2. The molecule has 1 aliphatic heterocycles. The van der Waals surface area contributed by atoms with Crippen molar-refractivity contribution in [3.63, 3.8) is 0 Å². The van der Waals surface area contributed by atoms with Crippen LogP contribution in [0.15, 0.2) is 24.3 Å². The second kappa shape index (κ2) is 6.24. The molecule has 0 aliphatic carbocycles. The number of piperidine rings is 1. The van der Waals surface area contributed by atoms with Crippen LogP contribution in [-0.2, 0) is 4.79 Å². The molecule has 0 saturated carbocycles. The van der Waals surface area contributed by atoms with Crippen LogP contribution in [0.2, 0.25) is 0 Å².